The molecule has 1 heterocycles. The average molecular weight is 282 g/mol. The number of rotatable bonds is 6. The Kier molecular flexibility index (Phi) is 6.79. The van der Waals surface area contributed by atoms with E-state index in [1.54, 1.807) is 0 Å². The summed E-state index contributed by atoms with van der Waals surface area (Å²) in [4.78, 5) is 2.74. The molecule has 1 aliphatic carbocycles. The van der Waals surface area contributed by atoms with Crippen molar-refractivity contribution >= 4 is 0 Å². The molecule has 2 N–H and O–H groups in total. The van der Waals surface area contributed by atoms with E-state index in [2.05, 4.69) is 18.7 Å². The van der Waals surface area contributed by atoms with Crippen LogP contribution in [0.2, 0.25) is 0 Å². The third kappa shape index (κ3) is 4.71. The molecule has 0 atom stereocenters. The first kappa shape index (κ1) is 16.3. The lowest BCUT2D eigenvalue weighted by molar-refractivity contribution is -0.00879. The number of hydrogen-bond donors (Lipinski definition) is 1. The molecule has 1 saturated heterocycles. The molecule has 1 saturated carbocycles. The Labute approximate surface area is 125 Å². The fraction of sp³-hybridized carbons (Fsp3) is 1.00. The summed E-state index contributed by atoms with van der Waals surface area (Å²) < 4.78 is 5.90. The number of piperidine rings is 1. The molecule has 2 fully saturated rings. The van der Waals surface area contributed by atoms with Crippen LogP contribution in [0.15, 0.2) is 0 Å². The van der Waals surface area contributed by atoms with Crippen molar-refractivity contribution in [2.75, 3.05) is 26.2 Å². The van der Waals surface area contributed by atoms with Gasteiger partial charge in [0.15, 0.2) is 0 Å². The fourth-order valence-corrected chi connectivity index (χ4v) is 3.87. The van der Waals surface area contributed by atoms with Crippen molar-refractivity contribution < 1.29 is 4.74 Å². The molecule has 2 aliphatic rings. The first-order chi connectivity index (χ1) is 9.70. The standard InChI is InChI=1S/C17H34N2O/c1-14(2)15-4-6-16(7-5-15)19-11-8-17(9-12-19)20-13-3-10-18/h14-17H,3-13,18H2,1-2H3. The Morgan fingerprint density at radius 1 is 1.05 bits per heavy atom. The molecule has 20 heavy (non-hydrogen) atoms. The second-order valence-electron chi connectivity index (χ2n) is 7.06. The van der Waals surface area contributed by atoms with E-state index in [9.17, 15) is 0 Å². The molecule has 2 rings (SSSR count). The van der Waals surface area contributed by atoms with E-state index >= 15 is 0 Å². The average Bonchev–Trinajstić information content (AvgIpc) is 2.48. The minimum atomic E-state index is 0.491. The zero-order chi connectivity index (χ0) is 14.4. The Morgan fingerprint density at radius 3 is 2.25 bits per heavy atom. The summed E-state index contributed by atoms with van der Waals surface area (Å²) in [6.07, 6.45) is 9.64. The maximum atomic E-state index is 5.90. The summed E-state index contributed by atoms with van der Waals surface area (Å²) in [6, 6.07) is 0.856. The minimum Gasteiger partial charge on any atom is -0.378 e. The largest absolute Gasteiger partial charge is 0.378 e. The molecule has 0 amide bonds. The van der Waals surface area contributed by atoms with Gasteiger partial charge in [-0.05, 0) is 63.3 Å². The quantitative estimate of drug-likeness (QED) is 0.761. The smallest absolute Gasteiger partial charge is 0.0599 e. The van der Waals surface area contributed by atoms with Gasteiger partial charge >= 0.3 is 0 Å². The number of likely N-dealkylation sites (tertiary alicyclic amines) is 1. The van der Waals surface area contributed by atoms with Gasteiger partial charge in [0, 0.05) is 25.7 Å². The second-order valence-corrected chi connectivity index (χ2v) is 7.06. The molecule has 0 radical (unpaired) electrons. The molecular weight excluding hydrogens is 248 g/mol. The third-order valence-corrected chi connectivity index (χ3v) is 5.38. The molecular formula is C17H34N2O. The molecule has 3 nitrogen and oxygen atoms in total. The van der Waals surface area contributed by atoms with Crippen LogP contribution in [-0.4, -0.2) is 43.3 Å². The predicted octanol–water partition coefficient (Wildman–Crippen LogP) is 3.03. The second kappa shape index (κ2) is 8.35. The topological polar surface area (TPSA) is 38.5 Å². The number of nitrogens with zero attached hydrogens (tertiary/aromatic N) is 1. The molecule has 0 aromatic heterocycles. The van der Waals surface area contributed by atoms with Gasteiger partial charge in [-0.3, -0.25) is 0 Å². The molecule has 0 aromatic rings. The van der Waals surface area contributed by atoms with Crippen LogP contribution in [0, 0.1) is 11.8 Å². The lowest BCUT2D eigenvalue weighted by Crippen LogP contribution is -2.45. The zero-order valence-electron chi connectivity index (χ0n) is 13.5. The number of nitrogens with two attached hydrogens (primary N) is 1. The van der Waals surface area contributed by atoms with Crippen LogP contribution in [0.25, 0.3) is 0 Å². The van der Waals surface area contributed by atoms with Gasteiger partial charge in [0.05, 0.1) is 6.10 Å². The van der Waals surface area contributed by atoms with Crippen molar-refractivity contribution in [1.29, 1.82) is 0 Å². The van der Waals surface area contributed by atoms with Crippen LogP contribution in [0.4, 0.5) is 0 Å². The highest BCUT2D eigenvalue weighted by Crippen LogP contribution is 2.33. The van der Waals surface area contributed by atoms with Crippen molar-refractivity contribution in [1.82, 2.24) is 4.90 Å². The number of ether oxygens (including phenoxy) is 1. The maximum Gasteiger partial charge on any atom is 0.0599 e. The molecule has 3 heteroatoms. The van der Waals surface area contributed by atoms with Gasteiger partial charge < -0.3 is 15.4 Å². The summed E-state index contributed by atoms with van der Waals surface area (Å²) in [5.74, 6) is 1.85. The summed E-state index contributed by atoms with van der Waals surface area (Å²) in [5.41, 5.74) is 5.51. The van der Waals surface area contributed by atoms with Gasteiger partial charge in [0.2, 0.25) is 0 Å². The number of hydrogen-bond acceptors (Lipinski definition) is 3. The summed E-state index contributed by atoms with van der Waals surface area (Å²) in [6.45, 7) is 8.84. The highest BCUT2D eigenvalue weighted by atomic mass is 16.5. The van der Waals surface area contributed by atoms with Crippen molar-refractivity contribution in [3.05, 3.63) is 0 Å². The first-order valence-electron chi connectivity index (χ1n) is 8.76. The van der Waals surface area contributed by atoms with Crippen molar-refractivity contribution in [3.8, 4) is 0 Å². The Bertz CT molecular complexity index is 254. The zero-order valence-corrected chi connectivity index (χ0v) is 13.5. The van der Waals surface area contributed by atoms with Gasteiger partial charge in [-0.15, -0.1) is 0 Å². The molecule has 1 aliphatic heterocycles. The van der Waals surface area contributed by atoms with E-state index in [-0.39, 0.29) is 0 Å². The highest BCUT2D eigenvalue weighted by Gasteiger charge is 2.29. The van der Waals surface area contributed by atoms with Gasteiger partial charge in [-0.2, -0.15) is 0 Å². The highest BCUT2D eigenvalue weighted by molar-refractivity contribution is 4.84. The fourth-order valence-electron chi connectivity index (χ4n) is 3.87. The van der Waals surface area contributed by atoms with Crippen LogP contribution < -0.4 is 5.73 Å². The van der Waals surface area contributed by atoms with E-state index in [4.69, 9.17) is 10.5 Å². The Morgan fingerprint density at radius 2 is 1.70 bits per heavy atom. The van der Waals surface area contributed by atoms with Crippen molar-refractivity contribution in [2.24, 2.45) is 17.6 Å². The van der Waals surface area contributed by atoms with Crippen LogP contribution >= 0.6 is 0 Å². The van der Waals surface area contributed by atoms with E-state index < -0.39 is 0 Å². The molecule has 0 bridgehead atoms. The monoisotopic (exact) mass is 282 g/mol. The van der Waals surface area contributed by atoms with E-state index in [0.717, 1.165) is 37.5 Å². The van der Waals surface area contributed by atoms with Gasteiger partial charge in [-0.25, -0.2) is 0 Å². The van der Waals surface area contributed by atoms with Crippen LogP contribution in [-0.2, 0) is 4.74 Å². The van der Waals surface area contributed by atoms with E-state index in [1.807, 2.05) is 0 Å². The van der Waals surface area contributed by atoms with Gasteiger partial charge in [0.1, 0.15) is 0 Å². The van der Waals surface area contributed by atoms with Crippen molar-refractivity contribution in [3.63, 3.8) is 0 Å². The van der Waals surface area contributed by atoms with Crippen molar-refractivity contribution in [2.45, 2.75) is 70.9 Å². The molecule has 0 aromatic carbocycles. The van der Waals surface area contributed by atoms with Gasteiger partial charge in [0.25, 0.3) is 0 Å². The molecule has 0 spiro atoms. The van der Waals surface area contributed by atoms with Gasteiger partial charge in [-0.1, -0.05) is 13.8 Å². The maximum absolute atomic E-state index is 5.90. The Balaban J connectivity index is 1.64. The normalized spacial score (nSPS) is 30.0. The summed E-state index contributed by atoms with van der Waals surface area (Å²) in [7, 11) is 0. The van der Waals surface area contributed by atoms with Crippen LogP contribution in [0.3, 0.4) is 0 Å². The Hall–Kier alpha value is -0.120. The lowest BCUT2D eigenvalue weighted by Gasteiger charge is -2.41. The molecule has 0 unspecified atom stereocenters. The third-order valence-electron chi connectivity index (χ3n) is 5.38. The predicted molar refractivity (Wildman–Crippen MR) is 84.8 cm³/mol. The SMILES string of the molecule is CC(C)C1CCC(N2CCC(OCCCN)CC2)CC1. The van der Waals surface area contributed by atoms with E-state index in [1.165, 1.54) is 51.6 Å². The summed E-state index contributed by atoms with van der Waals surface area (Å²) >= 11 is 0. The first-order valence-corrected chi connectivity index (χ1v) is 8.76. The summed E-state index contributed by atoms with van der Waals surface area (Å²) in [5, 5.41) is 0. The van der Waals surface area contributed by atoms with Crippen LogP contribution in [0.1, 0.15) is 58.8 Å². The molecule has 118 valence electrons. The lowest BCUT2D eigenvalue weighted by atomic mass is 9.79. The van der Waals surface area contributed by atoms with E-state index in [0.29, 0.717) is 6.10 Å². The minimum absolute atomic E-state index is 0.491. The van der Waals surface area contributed by atoms with Crippen LogP contribution in [0.5, 0.6) is 0 Å².